The van der Waals surface area contributed by atoms with Crippen LogP contribution in [-0.2, 0) is 6.54 Å². The predicted molar refractivity (Wildman–Crippen MR) is 73.1 cm³/mol. The van der Waals surface area contributed by atoms with Crippen LogP contribution in [0.25, 0.3) is 0 Å². The second kappa shape index (κ2) is 7.07. The average molecular weight is 279 g/mol. The normalized spacial score (nSPS) is 12.3. The number of para-hydroxylation sites is 1. The molecule has 1 heterocycles. The number of rotatable bonds is 7. The smallest absolute Gasteiger partial charge is 0.165 e. The third-order valence-electron chi connectivity index (χ3n) is 2.74. The second-order valence-corrected chi connectivity index (χ2v) is 4.54. The maximum atomic E-state index is 13.3. The lowest BCUT2D eigenvalue weighted by atomic mass is 10.3. The van der Waals surface area contributed by atoms with E-state index < -0.39 is 11.9 Å². The quantitative estimate of drug-likeness (QED) is 0.816. The Kier molecular flexibility index (Phi) is 5.15. The van der Waals surface area contributed by atoms with E-state index in [1.54, 1.807) is 12.1 Å². The van der Waals surface area contributed by atoms with Crippen LogP contribution in [0.5, 0.6) is 5.75 Å². The van der Waals surface area contributed by atoms with Gasteiger partial charge in [0.2, 0.25) is 0 Å². The Morgan fingerprint density at radius 2 is 2.10 bits per heavy atom. The van der Waals surface area contributed by atoms with Crippen molar-refractivity contribution in [2.24, 2.45) is 0 Å². The van der Waals surface area contributed by atoms with Crippen LogP contribution in [0.2, 0.25) is 0 Å². The van der Waals surface area contributed by atoms with E-state index in [1.165, 1.54) is 12.1 Å². The third-order valence-corrected chi connectivity index (χ3v) is 2.74. The Morgan fingerprint density at radius 1 is 1.30 bits per heavy atom. The fraction of sp³-hybridized carbons (Fsp3) is 0.333. The van der Waals surface area contributed by atoms with Gasteiger partial charge in [-0.25, -0.2) is 4.39 Å². The van der Waals surface area contributed by atoms with Gasteiger partial charge in [0.25, 0.3) is 0 Å². The minimum Gasteiger partial charge on any atom is -0.488 e. The van der Waals surface area contributed by atoms with Crippen LogP contribution in [0.3, 0.4) is 0 Å². The van der Waals surface area contributed by atoms with Gasteiger partial charge >= 0.3 is 0 Å². The molecule has 2 rings (SSSR count). The van der Waals surface area contributed by atoms with Gasteiger partial charge in [-0.1, -0.05) is 12.1 Å². The second-order valence-electron chi connectivity index (χ2n) is 4.54. The molecular weight excluding hydrogens is 261 g/mol. The van der Waals surface area contributed by atoms with E-state index in [0.717, 1.165) is 11.5 Å². The SMILES string of the molecule is Cc1ccc(CNCC(O)COc2ccccc2F)o1. The molecule has 0 aliphatic carbocycles. The highest BCUT2D eigenvalue weighted by Gasteiger charge is 2.08. The lowest BCUT2D eigenvalue weighted by Crippen LogP contribution is -2.31. The molecule has 0 amide bonds. The Labute approximate surface area is 117 Å². The van der Waals surface area contributed by atoms with Crippen LogP contribution in [0.1, 0.15) is 11.5 Å². The van der Waals surface area contributed by atoms with E-state index in [2.05, 4.69) is 5.32 Å². The Balaban J connectivity index is 1.68. The number of hydrogen-bond acceptors (Lipinski definition) is 4. The molecule has 0 aliphatic heterocycles. The topological polar surface area (TPSA) is 54.6 Å². The van der Waals surface area contributed by atoms with Gasteiger partial charge in [0.1, 0.15) is 24.2 Å². The summed E-state index contributed by atoms with van der Waals surface area (Å²) in [6.07, 6.45) is -0.717. The van der Waals surface area contributed by atoms with Crippen molar-refractivity contribution in [1.82, 2.24) is 5.32 Å². The Bertz CT molecular complexity index is 541. The molecule has 0 radical (unpaired) electrons. The van der Waals surface area contributed by atoms with E-state index >= 15 is 0 Å². The van der Waals surface area contributed by atoms with E-state index in [0.29, 0.717) is 13.1 Å². The molecule has 1 unspecified atom stereocenters. The molecule has 1 aromatic carbocycles. The number of aryl methyl sites for hydroxylation is 1. The summed E-state index contributed by atoms with van der Waals surface area (Å²) in [5.74, 6) is 1.38. The summed E-state index contributed by atoms with van der Waals surface area (Å²) in [4.78, 5) is 0. The van der Waals surface area contributed by atoms with E-state index in [-0.39, 0.29) is 12.4 Å². The molecular formula is C15H18FNO3. The summed E-state index contributed by atoms with van der Waals surface area (Å²) >= 11 is 0. The van der Waals surface area contributed by atoms with E-state index in [9.17, 15) is 9.50 Å². The summed E-state index contributed by atoms with van der Waals surface area (Å²) in [7, 11) is 0. The molecule has 2 aromatic rings. The van der Waals surface area contributed by atoms with Gasteiger partial charge in [-0.05, 0) is 31.2 Å². The molecule has 1 aromatic heterocycles. The van der Waals surface area contributed by atoms with Gasteiger partial charge in [0.05, 0.1) is 6.54 Å². The average Bonchev–Trinajstić information content (AvgIpc) is 2.83. The zero-order valence-corrected chi connectivity index (χ0v) is 11.3. The summed E-state index contributed by atoms with van der Waals surface area (Å²) in [6, 6.07) is 9.88. The van der Waals surface area contributed by atoms with Crippen LogP contribution >= 0.6 is 0 Å². The molecule has 0 fully saturated rings. The molecule has 0 aliphatic rings. The first-order valence-corrected chi connectivity index (χ1v) is 6.46. The first-order valence-electron chi connectivity index (χ1n) is 6.46. The van der Waals surface area contributed by atoms with Crippen molar-refractivity contribution in [3.8, 4) is 5.75 Å². The highest BCUT2D eigenvalue weighted by Crippen LogP contribution is 2.15. The van der Waals surface area contributed by atoms with E-state index in [4.69, 9.17) is 9.15 Å². The van der Waals surface area contributed by atoms with Crippen molar-refractivity contribution >= 4 is 0 Å². The van der Waals surface area contributed by atoms with Gasteiger partial charge in [-0.15, -0.1) is 0 Å². The zero-order chi connectivity index (χ0) is 14.4. The van der Waals surface area contributed by atoms with E-state index in [1.807, 2.05) is 19.1 Å². The Hall–Kier alpha value is -1.85. The molecule has 5 heteroatoms. The Morgan fingerprint density at radius 3 is 2.80 bits per heavy atom. The maximum absolute atomic E-state index is 13.3. The molecule has 108 valence electrons. The van der Waals surface area contributed by atoms with Crippen molar-refractivity contribution in [3.05, 3.63) is 53.7 Å². The molecule has 2 N–H and O–H groups in total. The van der Waals surface area contributed by atoms with Gasteiger partial charge in [-0.3, -0.25) is 0 Å². The lowest BCUT2D eigenvalue weighted by Gasteiger charge is -2.13. The number of aliphatic hydroxyl groups excluding tert-OH is 1. The lowest BCUT2D eigenvalue weighted by molar-refractivity contribution is 0.103. The van der Waals surface area contributed by atoms with Crippen molar-refractivity contribution in [2.45, 2.75) is 19.6 Å². The van der Waals surface area contributed by atoms with Crippen LogP contribution in [-0.4, -0.2) is 24.4 Å². The number of nitrogens with one attached hydrogen (secondary N) is 1. The highest BCUT2D eigenvalue weighted by molar-refractivity contribution is 5.23. The summed E-state index contributed by atoms with van der Waals surface area (Å²) in [6.45, 7) is 2.78. The molecule has 0 saturated carbocycles. The molecule has 1 atom stereocenters. The van der Waals surface area contributed by atoms with Crippen LogP contribution in [0.15, 0.2) is 40.8 Å². The standard InChI is InChI=1S/C15H18FNO3/c1-11-6-7-13(20-11)9-17-8-12(18)10-19-15-5-3-2-4-14(15)16/h2-7,12,17-18H,8-10H2,1H3. The van der Waals surface area contributed by atoms with Gasteiger partial charge < -0.3 is 19.6 Å². The number of hydrogen-bond donors (Lipinski definition) is 2. The molecule has 4 nitrogen and oxygen atoms in total. The van der Waals surface area contributed by atoms with Crippen molar-refractivity contribution in [3.63, 3.8) is 0 Å². The van der Waals surface area contributed by atoms with Gasteiger partial charge in [0, 0.05) is 6.54 Å². The zero-order valence-electron chi connectivity index (χ0n) is 11.3. The summed E-state index contributed by atoms with van der Waals surface area (Å²) in [5, 5.41) is 12.8. The monoisotopic (exact) mass is 279 g/mol. The minimum absolute atomic E-state index is 0.0329. The van der Waals surface area contributed by atoms with Crippen LogP contribution in [0, 0.1) is 12.7 Å². The van der Waals surface area contributed by atoms with Crippen molar-refractivity contribution in [2.75, 3.05) is 13.2 Å². The molecule has 0 spiro atoms. The highest BCUT2D eigenvalue weighted by atomic mass is 19.1. The maximum Gasteiger partial charge on any atom is 0.165 e. The summed E-state index contributed by atoms with van der Waals surface area (Å²) < 4.78 is 23.9. The number of furan rings is 1. The predicted octanol–water partition coefficient (Wildman–Crippen LogP) is 2.26. The fourth-order valence-electron chi connectivity index (χ4n) is 1.75. The fourth-order valence-corrected chi connectivity index (χ4v) is 1.75. The van der Waals surface area contributed by atoms with Gasteiger partial charge in [-0.2, -0.15) is 0 Å². The first kappa shape index (κ1) is 14.6. The van der Waals surface area contributed by atoms with Crippen molar-refractivity contribution in [1.29, 1.82) is 0 Å². The van der Waals surface area contributed by atoms with Gasteiger partial charge in [0.15, 0.2) is 11.6 Å². The number of benzene rings is 1. The minimum atomic E-state index is -0.717. The van der Waals surface area contributed by atoms with Crippen molar-refractivity contribution < 1.29 is 18.7 Å². The molecule has 0 saturated heterocycles. The molecule has 20 heavy (non-hydrogen) atoms. The first-order chi connectivity index (χ1) is 9.65. The van der Waals surface area contributed by atoms with Crippen LogP contribution < -0.4 is 10.1 Å². The summed E-state index contributed by atoms with van der Waals surface area (Å²) in [5.41, 5.74) is 0. The number of halogens is 1. The number of ether oxygens (including phenoxy) is 1. The number of aliphatic hydroxyl groups is 1. The third kappa shape index (κ3) is 4.36. The molecule has 0 bridgehead atoms. The van der Waals surface area contributed by atoms with Crippen LogP contribution in [0.4, 0.5) is 4.39 Å². The largest absolute Gasteiger partial charge is 0.488 e.